The maximum Gasteiger partial charge on any atom is 0.327 e. The van der Waals surface area contributed by atoms with Crippen molar-refractivity contribution >= 4 is 40.9 Å². The lowest BCUT2D eigenvalue weighted by Gasteiger charge is -2.49. The second kappa shape index (κ2) is 5.72. The Bertz CT molecular complexity index is 788. The molecule has 1 aromatic rings. The van der Waals surface area contributed by atoms with E-state index < -0.39 is 45.5 Å². The number of carbonyl (C=O) groups is 3. The number of carboxylic acid groups (broad SMARTS) is 1. The van der Waals surface area contributed by atoms with Gasteiger partial charge in [-0.2, -0.15) is 16.6 Å². The van der Waals surface area contributed by atoms with Crippen LogP contribution in [0, 0.1) is 11.3 Å². The second-order valence-corrected chi connectivity index (χ2v) is 8.98. The highest BCUT2D eigenvalue weighted by atomic mass is 32.2. The van der Waals surface area contributed by atoms with Crippen LogP contribution in [0.1, 0.15) is 25.5 Å². The highest BCUT2D eigenvalue weighted by molar-refractivity contribution is 8.01. The van der Waals surface area contributed by atoms with Gasteiger partial charge in [-0.3, -0.25) is 9.59 Å². The molecule has 2 aliphatic heterocycles. The summed E-state index contributed by atoms with van der Waals surface area (Å²) in [7, 11) is 0. The van der Waals surface area contributed by atoms with Gasteiger partial charge in [0.2, 0.25) is 11.4 Å². The van der Waals surface area contributed by atoms with Crippen molar-refractivity contribution in [3.8, 4) is 6.07 Å². The van der Waals surface area contributed by atoms with Crippen LogP contribution >= 0.6 is 23.1 Å². The molecule has 3 rings (SSSR count). The fourth-order valence-corrected chi connectivity index (χ4v) is 5.52. The van der Waals surface area contributed by atoms with E-state index in [0.29, 0.717) is 5.56 Å². The highest BCUT2D eigenvalue weighted by Gasteiger charge is 2.73. The number of hydrogen-bond acceptors (Lipinski definition) is 7. The minimum atomic E-state index is -1.79. The molecule has 0 aliphatic carbocycles. The molecule has 4 atom stereocenters. The van der Waals surface area contributed by atoms with Crippen molar-refractivity contribution in [1.29, 1.82) is 5.26 Å². The normalized spacial score (nSPS) is 30.8. The van der Waals surface area contributed by atoms with Crippen LogP contribution in [-0.4, -0.2) is 49.5 Å². The monoisotopic (exact) mass is 380 g/mol. The third kappa shape index (κ3) is 2.42. The summed E-state index contributed by atoms with van der Waals surface area (Å²) in [4.78, 5) is 37.8. The first-order valence-corrected chi connectivity index (χ1v) is 9.22. The number of rotatable bonds is 4. The lowest BCUT2D eigenvalue weighted by atomic mass is 9.85. The third-order valence-corrected chi connectivity index (χ3v) is 6.80. The summed E-state index contributed by atoms with van der Waals surface area (Å²) in [6, 6.07) is 1.50. The number of carbonyl (C=O) groups excluding carboxylic acids is 2. The van der Waals surface area contributed by atoms with Crippen LogP contribution in [0.4, 0.5) is 0 Å². The summed E-state index contributed by atoms with van der Waals surface area (Å²) in [5, 5.41) is 24.2. The minimum absolute atomic E-state index is 0.585. The number of nitriles is 1. The lowest BCUT2D eigenvalue weighted by Crippen LogP contribution is -2.79. The number of carboxylic acids is 1. The summed E-state index contributed by atoms with van der Waals surface area (Å²) in [5.41, 5.74) is 4.68. The number of fused-ring (bicyclic) bond motifs is 1. The van der Waals surface area contributed by atoms with E-state index >= 15 is 0 Å². The number of hydrogen-bond donors (Lipinski definition) is 3. The summed E-state index contributed by atoms with van der Waals surface area (Å²) in [6.07, 6.45) is 0. The van der Waals surface area contributed by atoms with Crippen LogP contribution in [0.25, 0.3) is 0 Å². The molecular formula is C15H16N4O4S2. The van der Waals surface area contributed by atoms with Gasteiger partial charge in [0, 0.05) is 4.75 Å². The van der Waals surface area contributed by atoms with Gasteiger partial charge in [0.15, 0.2) is 0 Å². The van der Waals surface area contributed by atoms with E-state index in [1.807, 2.05) is 6.07 Å². The zero-order valence-corrected chi connectivity index (χ0v) is 15.1. The number of aliphatic carboxylic acids is 1. The molecule has 0 spiro atoms. The Morgan fingerprint density at radius 2 is 2.20 bits per heavy atom. The van der Waals surface area contributed by atoms with E-state index in [2.05, 4.69) is 5.32 Å². The van der Waals surface area contributed by atoms with Gasteiger partial charge in [0.05, 0.1) is 0 Å². The molecule has 8 nitrogen and oxygen atoms in total. The molecule has 3 heterocycles. The Labute approximate surface area is 152 Å². The molecular weight excluding hydrogens is 364 g/mol. The highest BCUT2D eigenvalue weighted by Crippen LogP contribution is 2.54. The van der Waals surface area contributed by atoms with E-state index in [1.165, 1.54) is 23.1 Å². The number of nitrogens with two attached hydrogens (primary N) is 1. The van der Waals surface area contributed by atoms with Gasteiger partial charge < -0.3 is 21.1 Å². The van der Waals surface area contributed by atoms with Crippen molar-refractivity contribution in [2.75, 3.05) is 0 Å². The van der Waals surface area contributed by atoms with E-state index in [1.54, 1.807) is 30.7 Å². The molecule has 0 radical (unpaired) electrons. The van der Waals surface area contributed by atoms with Gasteiger partial charge in [0.25, 0.3) is 5.91 Å². The van der Waals surface area contributed by atoms with Crippen LogP contribution in [-0.2, 0) is 14.4 Å². The van der Waals surface area contributed by atoms with Crippen LogP contribution in [0.2, 0.25) is 0 Å². The zero-order valence-electron chi connectivity index (χ0n) is 13.4. The Balaban J connectivity index is 1.86. The van der Waals surface area contributed by atoms with Crippen molar-refractivity contribution in [2.24, 2.45) is 5.73 Å². The Hall–Kier alpha value is -2.09. The van der Waals surface area contributed by atoms with Crippen molar-refractivity contribution in [1.82, 2.24) is 10.2 Å². The summed E-state index contributed by atoms with van der Waals surface area (Å²) in [6.45, 7) is 3.40. The van der Waals surface area contributed by atoms with Crippen LogP contribution < -0.4 is 11.1 Å². The lowest BCUT2D eigenvalue weighted by molar-refractivity contribution is -0.165. The maximum absolute atomic E-state index is 12.6. The van der Waals surface area contributed by atoms with Gasteiger partial charge in [0.1, 0.15) is 23.5 Å². The van der Waals surface area contributed by atoms with Crippen LogP contribution in [0.5, 0.6) is 0 Å². The topological polar surface area (TPSA) is 137 Å². The quantitative estimate of drug-likeness (QED) is 0.638. The number of β-lactam (4-membered cyclic amide) rings is 1. The average Bonchev–Trinajstić information content (AvgIpc) is 3.16. The van der Waals surface area contributed by atoms with Crippen LogP contribution in [0.15, 0.2) is 16.8 Å². The molecule has 132 valence electrons. The largest absolute Gasteiger partial charge is 0.480 e. The summed E-state index contributed by atoms with van der Waals surface area (Å²) >= 11 is 2.57. The standard InChI is InChI=1S/C15H16N4O4S2/c1-14(2)9(11(21)22)19-12(23)15(6-16,13(19)25-14)18-10(20)8(17)7-3-4-24-5-7/h3-5,8-9,13H,17H2,1-2H3,(H,18,20)(H,21,22)/t8?,9-,13+,15?/m0/s1. The first kappa shape index (κ1) is 17.7. The van der Waals surface area contributed by atoms with Gasteiger partial charge in [-0.25, -0.2) is 4.79 Å². The predicted octanol–water partition coefficient (Wildman–Crippen LogP) is 0.273. The van der Waals surface area contributed by atoms with Crippen molar-refractivity contribution in [3.63, 3.8) is 0 Å². The third-order valence-electron chi connectivity index (χ3n) is 4.46. The van der Waals surface area contributed by atoms with Gasteiger partial charge in [-0.1, -0.05) is 0 Å². The van der Waals surface area contributed by atoms with Gasteiger partial charge in [-0.05, 0) is 36.2 Å². The molecule has 0 aromatic carbocycles. The average molecular weight is 380 g/mol. The number of nitrogens with zero attached hydrogens (tertiary/aromatic N) is 2. The Morgan fingerprint density at radius 1 is 1.52 bits per heavy atom. The van der Waals surface area contributed by atoms with Crippen molar-refractivity contribution < 1.29 is 19.5 Å². The zero-order chi connectivity index (χ0) is 18.6. The van der Waals surface area contributed by atoms with E-state index in [4.69, 9.17) is 5.73 Å². The smallest absolute Gasteiger partial charge is 0.327 e. The Kier molecular flexibility index (Phi) is 4.06. The summed E-state index contributed by atoms with van der Waals surface area (Å²) < 4.78 is -0.787. The maximum atomic E-state index is 12.6. The molecule has 2 aliphatic rings. The van der Waals surface area contributed by atoms with E-state index in [9.17, 15) is 24.8 Å². The van der Waals surface area contributed by atoms with Crippen molar-refractivity contribution in [3.05, 3.63) is 22.4 Å². The van der Waals surface area contributed by atoms with Gasteiger partial charge >= 0.3 is 5.97 Å². The first-order valence-electron chi connectivity index (χ1n) is 7.40. The fourth-order valence-electron chi connectivity index (χ4n) is 3.18. The molecule has 2 saturated heterocycles. The molecule has 25 heavy (non-hydrogen) atoms. The molecule has 0 saturated carbocycles. The second-order valence-electron chi connectivity index (χ2n) is 6.47. The minimum Gasteiger partial charge on any atom is -0.480 e. The number of nitrogens with one attached hydrogen (secondary N) is 1. The van der Waals surface area contributed by atoms with E-state index in [-0.39, 0.29) is 0 Å². The first-order chi connectivity index (χ1) is 11.7. The molecule has 1 aromatic heterocycles. The number of thiophene rings is 1. The van der Waals surface area contributed by atoms with Crippen molar-refractivity contribution in [2.45, 2.75) is 41.6 Å². The van der Waals surface area contributed by atoms with Gasteiger partial charge in [-0.15, -0.1) is 11.8 Å². The number of thioether (sulfide) groups is 1. The molecule has 10 heteroatoms. The predicted molar refractivity (Wildman–Crippen MR) is 91.5 cm³/mol. The number of amides is 2. The molecule has 4 N–H and O–H groups in total. The van der Waals surface area contributed by atoms with E-state index in [0.717, 1.165) is 4.90 Å². The molecule has 2 amide bonds. The summed E-state index contributed by atoms with van der Waals surface area (Å²) in [5.74, 6) is -2.50. The molecule has 2 unspecified atom stereocenters. The SMILES string of the molecule is CC1(C)S[C@H]2N(C(=O)C2(C#N)NC(=O)C(N)c2ccsc2)[C@H]1C(=O)O. The van der Waals surface area contributed by atoms with Crippen LogP contribution in [0.3, 0.4) is 0 Å². The molecule has 2 fully saturated rings. The fraction of sp³-hybridized carbons (Fsp3) is 0.467. The molecule has 0 bridgehead atoms. The Morgan fingerprint density at radius 3 is 2.72 bits per heavy atom.